The van der Waals surface area contributed by atoms with Crippen LogP contribution in [0.15, 0.2) is 48.5 Å². The van der Waals surface area contributed by atoms with Gasteiger partial charge in [0.15, 0.2) is 0 Å². The monoisotopic (exact) mass is 346 g/mol. The van der Waals surface area contributed by atoms with E-state index >= 15 is 0 Å². The third-order valence-corrected chi connectivity index (χ3v) is 5.41. The van der Waals surface area contributed by atoms with Gasteiger partial charge in [-0.25, -0.2) is 4.57 Å². The van der Waals surface area contributed by atoms with Gasteiger partial charge < -0.3 is 0 Å². The van der Waals surface area contributed by atoms with Crippen molar-refractivity contribution in [3.8, 4) is 5.82 Å². The molecule has 0 aliphatic carbocycles. The zero-order valence-corrected chi connectivity index (χ0v) is 16.1. The number of aryl methyl sites for hydroxylation is 3. The van der Waals surface area contributed by atoms with Crippen LogP contribution < -0.4 is 4.57 Å². The molecule has 2 nitrogen and oxygen atoms in total. The van der Waals surface area contributed by atoms with Gasteiger partial charge >= 0.3 is 0 Å². The van der Waals surface area contributed by atoms with E-state index in [1.165, 1.54) is 21.9 Å². The Hall–Kier alpha value is -2.61. The first kappa shape index (κ1) is 13.6. The predicted octanol–water partition coefficient (Wildman–Crippen LogP) is 5.66. The first-order chi connectivity index (χ1) is 13.6. The maximum absolute atomic E-state index is 7.99. The van der Waals surface area contributed by atoms with Crippen molar-refractivity contribution in [3.05, 3.63) is 70.9 Å². The van der Waals surface area contributed by atoms with Crippen molar-refractivity contribution in [1.82, 2.24) is 4.57 Å². The average Bonchev–Trinajstić information content (AvgIpc) is 2.98. The summed E-state index contributed by atoms with van der Waals surface area (Å²) in [4.78, 5) is 0. The number of nitrogens with zero attached hydrogens (tertiary/aromatic N) is 2. The molecule has 2 aromatic heterocycles. The number of benzene rings is 2. The number of para-hydroxylation sites is 1. The lowest BCUT2D eigenvalue weighted by Gasteiger charge is -2.12. The molecule has 0 N–H and O–H groups in total. The highest BCUT2D eigenvalue weighted by molar-refractivity contribution is 6.10. The second kappa shape index (κ2) is 5.98. The van der Waals surface area contributed by atoms with Crippen molar-refractivity contribution >= 4 is 21.8 Å². The minimum Gasteiger partial charge on any atom is -0.234 e. The minimum atomic E-state index is -2.17. The number of rotatable bonds is 2. The zero-order chi connectivity index (χ0) is 21.1. The first-order valence-electron chi connectivity index (χ1n) is 10.7. The Morgan fingerprint density at radius 1 is 1.00 bits per heavy atom. The normalized spacial score (nSPS) is 14.0. The van der Waals surface area contributed by atoms with E-state index in [4.69, 9.17) is 4.11 Å². The van der Waals surface area contributed by atoms with E-state index in [1.54, 1.807) is 6.07 Å². The van der Waals surface area contributed by atoms with Crippen molar-refractivity contribution in [2.45, 2.75) is 40.5 Å². The second-order valence-corrected chi connectivity index (χ2v) is 7.52. The molecule has 0 fully saturated rings. The molecule has 0 aliphatic rings. The summed E-state index contributed by atoms with van der Waals surface area (Å²) in [5.74, 6) is 1.28. The van der Waals surface area contributed by atoms with Crippen LogP contribution in [0.4, 0.5) is 0 Å². The van der Waals surface area contributed by atoms with Crippen molar-refractivity contribution in [2.24, 2.45) is 7.05 Å². The topological polar surface area (TPSA) is 8.81 Å². The molecule has 2 aromatic carbocycles. The van der Waals surface area contributed by atoms with Crippen molar-refractivity contribution in [3.63, 3.8) is 0 Å². The summed E-state index contributed by atoms with van der Waals surface area (Å²) in [7, 11) is 1.85. The van der Waals surface area contributed by atoms with E-state index in [0.29, 0.717) is 11.6 Å². The standard InChI is InChI=1S/C24H27N2/c1-15(2)19-11-12-21-20-9-7-8-10-22(20)26(24(21)18(19)5)23-14-16(3)13-17(4)25(23)6/h7-15H,1-6H3/q+1/i4D3. The van der Waals surface area contributed by atoms with Crippen LogP contribution >= 0.6 is 0 Å². The fraction of sp³-hybridized carbons (Fsp3) is 0.292. The fourth-order valence-corrected chi connectivity index (χ4v) is 4.09. The van der Waals surface area contributed by atoms with Gasteiger partial charge in [-0.05, 0) is 62.0 Å². The summed E-state index contributed by atoms with van der Waals surface area (Å²) >= 11 is 0. The number of pyridine rings is 1. The fourth-order valence-electron chi connectivity index (χ4n) is 4.09. The maximum atomic E-state index is 7.99. The molecule has 2 heteroatoms. The molecule has 4 aromatic rings. The van der Waals surface area contributed by atoms with Crippen molar-refractivity contribution in [1.29, 1.82) is 0 Å². The summed E-state index contributed by atoms with van der Waals surface area (Å²) in [5.41, 5.74) is 6.07. The summed E-state index contributed by atoms with van der Waals surface area (Å²) < 4.78 is 28.0. The third kappa shape index (κ3) is 2.36. The Bertz CT molecular complexity index is 1250. The SMILES string of the molecule is [2H]C([2H])([2H])c1cc(C)cc(-n2c3ccccc3c3ccc(C(C)C)c(C)c32)[n+]1C. The number of fused-ring (bicyclic) bond motifs is 3. The maximum Gasteiger partial charge on any atom is 0.287 e. The van der Waals surface area contributed by atoms with Crippen LogP contribution in [0.1, 0.15) is 46.3 Å². The summed E-state index contributed by atoms with van der Waals surface area (Å²) in [5, 5.41) is 2.37. The lowest BCUT2D eigenvalue weighted by atomic mass is 9.95. The van der Waals surface area contributed by atoms with Crippen LogP contribution in [0, 0.1) is 20.7 Å². The molecule has 2 heterocycles. The number of hydrogen-bond acceptors (Lipinski definition) is 0. The van der Waals surface area contributed by atoms with Gasteiger partial charge in [-0.15, -0.1) is 0 Å². The second-order valence-electron chi connectivity index (χ2n) is 7.52. The highest BCUT2D eigenvalue weighted by atomic mass is 15.1. The molecule has 0 unspecified atom stereocenters. The Morgan fingerprint density at radius 2 is 1.77 bits per heavy atom. The van der Waals surface area contributed by atoms with E-state index in [2.05, 4.69) is 61.7 Å². The lowest BCUT2D eigenvalue weighted by molar-refractivity contribution is -0.671. The Morgan fingerprint density at radius 3 is 2.50 bits per heavy atom. The molecule has 0 aliphatic heterocycles. The Labute approximate surface area is 159 Å². The van der Waals surface area contributed by atoms with E-state index in [1.807, 2.05) is 24.6 Å². The van der Waals surface area contributed by atoms with E-state index < -0.39 is 6.85 Å². The molecule has 132 valence electrons. The van der Waals surface area contributed by atoms with Crippen LogP contribution in [-0.4, -0.2) is 4.57 Å². The molecule has 0 bridgehead atoms. The summed E-state index contributed by atoms with van der Waals surface area (Å²) in [6.07, 6.45) is 0. The molecule has 4 rings (SSSR count). The first-order valence-corrected chi connectivity index (χ1v) is 9.15. The van der Waals surface area contributed by atoms with Gasteiger partial charge in [-0.3, -0.25) is 0 Å². The van der Waals surface area contributed by atoms with Crippen LogP contribution in [0.3, 0.4) is 0 Å². The predicted molar refractivity (Wildman–Crippen MR) is 110 cm³/mol. The molecule has 0 spiro atoms. The van der Waals surface area contributed by atoms with Crippen LogP contribution in [0.25, 0.3) is 27.6 Å². The highest BCUT2D eigenvalue weighted by Crippen LogP contribution is 2.36. The lowest BCUT2D eigenvalue weighted by Crippen LogP contribution is -2.37. The van der Waals surface area contributed by atoms with Crippen LogP contribution in [0.2, 0.25) is 0 Å². The summed E-state index contributed by atoms with van der Waals surface area (Å²) in [6, 6.07) is 16.6. The van der Waals surface area contributed by atoms with Gasteiger partial charge in [0.25, 0.3) is 5.82 Å². The third-order valence-electron chi connectivity index (χ3n) is 5.41. The molecule has 0 saturated heterocycles. The van der Waals surface area contributed by atoms with E-state index in [-0.39, 0.29) is 0 Å². The molecule has 0 saturated carbocycles. The molecule has 0 atom stereocenters. The van der Waals surface area contributed by atoms with Gasteiger partial charge in [-0.2, -0.15) is 4.57 Å². The van der Waals surface area contributed by atoms with Crippen LogP contribution in [0.5, 0.6) is 0 Å². The van der Waals surface area contributed by atoms with Gasteiger partial charge in [0.2, 0.25) is 0 Å². The van der Waals surface area contributed by atoms with Gasteiger partial charge in [0.1, 0.15) is 16.7 Å². The van der Waals surface area contributed by atoms with Crippen LogP contribution in [-0.2, 0) is 7.05 Å². The molecule has 0 radical (unpaired) electrons. The Kier molecular flexibility index (Phi) is 3.12. The van der Waals surface area contributed by atoms with Crippen molar-refractivity contribution in [2.75, 3.05) is 0 Å². The quantitative estimate of drug-likeness (QED) is 0.414. The number of aromatic nitrogens is 2. The smallest absolute Gasteiger partial charge is 0.234 e. The van der Waals surface area contributed by atoms with Gasteiger partial charge in [0.05, 0.1) is 7.05 Å². The minimum absolute atomic E-state index is 0.344. The summed E-state index contributed by atoms with van der Waals surface area (Å²) in [6.45, 7) is 6.38. The molecular formula is C24H27N2+. The van der Waals surface area contributed by atoms with Gasteiger partial charge in [0, 0.05) is 26.5 Å². The van der Waals surface area contributed by atoms with Gasteiger partial charge in [-0.1, -0.05) is 32.0 Å². The largest absolute Gasteiger partial charge is 0.287 e. The van der Waals surface area contributed by atoms with Crippen molar-refractivity contribution < 1.29 is 8.68 Å². The Balaban J connectivity index is 2.22. The van der Waals surface area contributed by atoms with E-state index in [9.17, 15) is 0 Å². The molecular weight excluding hydrogens is 316 g/mol. The van der Waals surface area contributed by atoms with E-state index in [0.717, 1.165) is 22.4 Å². The molecule has 26 heavy (non-hydrogen) atoms. The average molecular weight is 347 g/mol. The highest BCUT2D eigenvalue weighted by Gasteiger charge is 2.24. The zero-order valence-electron chi connectivity index (χ0n) is 19.1. The number of hydrogen-bond donors (Lipinski definition) is 0. The molecule has 0 amide bonds.